The largest absolute Gasteiger partial charge is 0.481 e. The average molecular weight is 304 g/mol. The fraction of sp³-hybridized carbons (Fsp3) is 0.312. The van der Waals surface area contributed by atoms with E-state index in [4.69, 9.17) is 9.94 Å². The van der Waals surface area contributed by atoms with Gasteiger partial charge in [-0.3, -0.25) is 14.5 Å². The molecule has 0 heterocycles. The van der Waals surface area contributed by atoms with Gasteiger partial charge in [-0.1, -0.05) is 41.6 Å². The number of hydrogen-bond donors (Lipinski definition) is 1. The molecule has 0 bridgehead atoms. The van der Waals surface area contributed by atoms with Crippen molar-refractivity contribution in [2.45, 2.75) is 25.9 Å². The van der Waals surface area contributed by atoms with Crippen molar-refractivity contribution in [3.05, 3.63) is 48.6 Å². The van der Waals surface area contributed by atoms with Gasteiger partial charge >= 0.3 is 5.97 Å². The van der Waals surface area contributed by atoms with Crippen molar-refractivity contribution in [3.63, 3.8) is 0 Å². The zero-order valence-corrected chi connectivity index (χ0v) is 12.4. The van der Waals surface area contributed by atoms with E-state index < -0.39 is 5.97 Å². The van der Waals surface area contributed by atoms with E-state index in [-0.39, 0.29) is 18.7 Å². The summed E-state index contributed by atoms with van der Waals surface area (Å²) in [6.07, 6.45) is 3.27. The zero-order valence-electron chi connectivity index (χ0n) is 12.4. The fourth-order valence-electron chi connectivity index (χ4n) is 1.66. The highest BCUT2D eigenvalue weighted by Crippen LogP contribution is 2.02. The molecule has 22 heavy (non-hydrogen) atoms. The molecular formula is C16H20N2O4. The number of carbonyl (C=O) groups is 2. The van der Waals surface area contributed by atoms with Crippen LogP contribution in [0.2, 0.25) is 0 Å². The number of hydrogen-bond acceptors (Lipinski definition) is 4. The summed E-state index contributed by atoms with van der Waals surface area (Å²) in [6.45, 7) is 4.18. The third-order valence-electron chi connectivity index (χ3n) is 2.76. The molecule has 118 valence electrons. The number of rotatable bonds is 10. The quantitative estimate of drug-likeness (QED) is 0.311. The van der Waals surface area contributed by atoms with E-state index in [0.29, 0.717) is 19.6 Å². The summed E-state index contributed by atoms with van der Waals surface area (Å²) in [5.74, 6) is -1.13. The lowest BCUT2D eigenvalue weighted by atomic mass is 10.2. The van der Waals surface area contributed by atoms with E-state index in [0.717, 1.165) is 5.56 Å². The van der Waals surface area contributed by atoms with Crippen molar-refractivity contribution in [2.75, 3.05) is 6.54 Å². The Kier molecular flexibility index (Phi) is 8.04. The summed E-state index contributed by atoms with van der Waals surface area (Å²) in [4.78, 5) is 28.8. The molecule has 1 aromatic carbocycles. The van der Waals surface area contributed by atoms with Crippen molar-refractivity contribution in [1.29, 1.82) is 0 Å². The maximum absolute atomic E-state index is 11.9. The lowest BCUT2D eigenvalue weighted by Gasteiger charge is -2.14. The molecule has 0 fully saturated rings. The summed E-state index contributed by atoms with van der Waals surface area (Å²) in [7, 11) is 0. The third kappa shape index (κ3) is 7.23. The first kappa shape index (κ1) is 17.4. The van der Waals surface area contributed by atoms with Crippen LogP contribution in [0.1, 0.15) is 24.8 Å². The van der Waals surface area contributed by atoms with Gasteiger partial charge in [0.15, 0.2) is 0 Å². The molecule has 0 aliphatic rings. The molecule has 1 amide bonds. The summed E-state index contributed by atoms with van der Waals surface area (Å²) in [6, 6.07) is 9.54. The smallest absolute Gasteiger partial charge is 0.303 e. The monoisotopic (exact) mass is 304 g/mol. The van der Waals surface area contributed by atoms with Crippen molar-refractivity contribution < 1.29 is 19.5 Å². The number of amides is 1. The van der Waals surface area contributed by atoms with Gasteiger partial charge in [0.05, 0.1) is 0 Å². The molecule has 0 aromatic heterocycles. The van der Waals surface area contributed by atoms with Crippen molar-refractivity contribution in [3.8, 4) is 0 Å². The van der Waals surface area contributed by atoms with E-state index >= 15 is 0 Å². The first-order valence-corrected chi connectivity index (χ1v) is 6.95. The van der Waals surface area contributed by atoms with Gasteiger partial charge in [0, 0.05) is 19.4 Å². The standard InChI is InChI=1S/C16H20N2O4/c1-2-11-18(15(19)9-6-10-16(20)21)13-17-22-12-14-7-4-3-5-8-14/h2-5,7-8,13H,1,6,9-12H2,(H,20,21)/b17-13+. The van der Waals surface area contributed by atoms with Crippen LogP contribution in [-0.2, 0) is 21.0 Å². The molecule has 0 saturated heterocycles. The molecule has 0 unspecified atom stereocenters. The van der Waals surface area contributed by atoms with Crippen LogP contribution >= 0.6 is 0 Å². The van der Waals surface area contributed by atoms with Gasteiger partial charge in [0.1, 0.15) is 12.9 Å². The minimum Gasteiger partial charge on any atom is -0.481 e. The first-order chi connectivity index (χ1) is 10.6. The first-order valence-electron chi connectivity index (χ1n) is 6.95. The topological polar surface area (TPSA) is 79.2 Å². The molecule has 0 aliphatic carbocycles. The Labute approximate surface area is 129 Å². The molecular weight excluding hydrogens is 284 g/mol. The second-order valence-corrected chi connectivity index (χ2v) is 4.56. The lowest BCUT2D eigenvalue weighted by molar-refractivity contribution is -0.137. The third-order valence-corrected chi connectivity index (χ3v) is 2.76. The van der Waals surface area contributed by atoms with Crippen LogP contribution in [0, 0.1) is 0 Å². The van der Waals surface area contributed by atoms with E-state index in [2.05, 4.69) is 11.7 Å². The number of carbonyl (C=O) groups excluding carboxylic acids is 1. The molecule has 6 nitrogen and oxygen atoms in total. The van der Waals surface area contributed by atoms with Gasteiger partial charge in [-0.2, -0.15) is 0 Å². The lowest BCUT2D eigenvalue weighted by Crippen LogP contribution is -2.29. The van der Waals surface area contributed by atoms with Crippen molar-refractivity contribution >= 4 is 18.2 Å². The number of oxime groups is 1. The predicted octanol–water partition coefficient (Wildman–Crippen LogP) is 2.42. The Bertz CT molecular complexity index is 514. The van der Waals surface area contributed by atoms with E-state index in [1.807, 2.05) is 30.3 Å². The van der Waals surface area contributed by atoms with Crippen LogP contribution in [0.15, 0.2) is 48.1 Å². The minimum absolute atomic E-state index is 0.0324. The molecule has 1 aromatic rings. The molecule has 1 N–H and O–H groups in total. The fourth-order valence-corrected chi connectivity index (χ4v) is 1.66. The van der Waals surface area contributed by atoms with Crippen LogP contribution in [-0.4, -0.2) is 34.8 Å². The highest BCUT2D eigenvalue weighted by Gasteiger charge is 2.10. The van der Waals surface area contributed by atoms with Crippen LogP contribution in [0.25, 0.3) is 0 Å². The van der Waals surface area contributed by atoms with Gasteiger partial charge < -0.3 is 9.94 Å². The predicted molar refractivity (Wildman–Crippen MR) is 83.1 cm³/mol. The molecule has 6 heteroatoms. The Morgan fingerprint density at radius 2 is 2.00 bits per heavy atom. The van der Waals surface area contributed by atoms with Gasteiger partial charge in [-0.15, -0.1) is 6.58 Å². The highest BCUT2D eigenvalue weighted by molar-refractivity contribution is 5.87. The second-order valence-electron chi connectivity index (χ2n) is 4.56. The number of carboxylic acid groups (broad SMARTS) is 1. The van der Waals surface area contributed by atoms with Gasteiger partial charge in [0.25, 0.3) is 0 Å². The molecule has 1 rings (SSSR count). The zero-order chi connectivity index (χ0) is 16.2. The van der Waals surface area contributed by atoms with E-state index in [1.165, 1.54) is 11.2 Å². The molecule has 0 atom stereocenters. The molecule has 0 aliphatic heterocycles. The van der Waals surface area contributed by atoms with Gasteiger partial charge in [0.2, 0.25) is 5.91 Å². The van der Waals surface area contributed by atoms with Gasteiger partial charge in [-0.25, -0.2) is 0 Å². The van der Waals surface area contributed by atoms with E-state index in [1.54, 1.807) is 6.08 Å². The highest BCUT2D eigenvalue weighted by atomic mass is 16.6. The average Bonchev–Trinajstić information content (AvgIpc) is 2.51. The molecule has 0 saturated carbocycles. The summed E-state index contributed by atoms with van der Waals surface area (Å²) in [5.41, 5.74) is 0.975. The summed E-state index contributed by atoms with van der Waals surface area (Å²) < 4.78 is 0. The van der Waals surface area contributed by atoms with Crippen LogP contribution in [0.5, 0.6) is 0 Å². The van der Waals surface area contributed by atoms with Crippen LogP contribution in [0.4, 0.5) is 0 Å². The second kappa shape index (κ2) is 10.1. The molecule has 0 radical (unpaired) electrons. The molecule has 0 spiro atoms. The normalized spacial score (nSPS) is 10.4. The maximum atomic E-state index is 11.9. The van der Waals surface area contributed by atoms with Gasteiger partial charge in [-0.05, 0) is 12.0 Å². The van der Waals surface area contributed by atoms with Crippen molar-refractivity contribution in [1.82, 2.24) is 4.90 Å². The number of aliphatic carboxylic acids is 1. The van der Waals surface area contributed by atoms with Crippen LogP contribution in [0.3, 0.4) is 0 Å². The summed E-state index contributed by atoms with van der Waals surface area (Å²) in [5, 5.41) is 12.3. The maximum Gasteiger partial charge on any atom is 0.303 e. The Balaban J connectivity index is 2.41. The van der Waals surface area contributed by atoms with Crippen molar-refractivity contribution in [2.24, 2.45) is 5.16 Å². The number of nitrogens with zero attached hydrogens (tertiary/aromatic N) is 2. The van der Waals surface area contributed by atoms with Crippen LogP contribution < -0.4 is 0 Å². The Morgan fingerprint density at radius 1 is 1.27 bits per heavy atom. The number of benzene rings is 1. The Morgan fingerprint density at radius 3 is 2.64 bits per heavy atom. The summed E-state index contributed by atoms with van der Waals surface area (Å²) >= 11 is 0. The SMILES string of the molecule is C=CCN(/C=N/OCc1ccccc1)C(=O)CCCC(=O)O. The van der Waals surface area contributed by atoms with E-state index in [9.17, 15) is 9.59 Å². The Hall–Kier alpha value is -2.63. The minimum atomic E-state index is -0.914. The number of carboxylic acids is 1.